The quantitative estimate of drug-likeness (QED) is 0.240. The standard InChI is InChI=1S/C26H35N7O4.C21H27N7O2/c1-24(2,3)16-33-18(12-17-14-28-19(13-27)29-20(17)33)15-32-21(34)26(30(7)22(32)35)8-10-31(11-9-26)23(36)37-25(4,5)6;1-20(2,3)13-28-15(9-14-11-24-16(10-22)25-17(14)28)12-27-18(29)21(26(4)19(27)30)5-7-23-8-6-21/h12,14H,8-11,15-16H2,1-7H3;9,11,23H,5-8,12-13H2,1-4H3. The van der Waals surface area contributed by atoms with Crippen molar-refractivity contribution in [2.24, 2.45) is 10.8 Å². The summed E-state index contributed by atoms with van der Waals surface area (Å²) < 4.78 is 9.45. The van der Waals surface area contributed by atoms with Gasteiger partial charge < -0.3 is 33.9 Å². The van der Waals surface area contributed by atoms with Gasteiger partial charge >= 0.3 is 18.2 Å². The van der Waals surface area contributed by atoms with Crippen molar-refractivity contribution in [3.8, 4) is 12.1 Å². The maximum atomic E-state index is 13.8. The number of amides is 7. The van der Waals surface area contributed by atoms with Gasteiger partial charge in [0.15, 0.2) is 0 Å². The van der Waals surface area contributed by atoms with E-state index in [-0.39, 0.29) is 59.4 Å². The molecule has 0 saturated carbocycles. The average Bonchev–Trinajstić information content (AvgIpc) is 3.88. The summed E-state index contributed by atoms with van der Waals surface area (Å²) in [4.78, 5) is 90.4. The van der Waals surface area contributed by atoms with Gasteiger partial charge in [0.25, 0.3) is 11.8 Å². The Morgan fingerprint density at radius 3 is 1.46 bits per heavy atom. The Hall–Kier alpha value is -6.67. The summed E-state index contributed by atoms with van der Waals surface area (Å²) >= 11 is 0. The molecule has 67 heavy (non-hydrogen) atoms. The van der Waals surface area contributed by atoms with Crippen molar-refractivity contribution in [3.05, 3.63) is 47.6 Å². The van der Waals surface area contributed by atoms with Crippen LogP contribution in [0.3, 0.4) is 0 Å². The Kier molecular flexibility index (Phi) is 12.6. The Bertz CT molecular complexity index is 2710. The summed E-state index contributed by atoms with van der Waals surface area (Å²) in [6.45, 7) is 21.6. The lowest BCUT2D eigenvalue weighted by Gasteiger charge is -2.40. The minimum atomic E-state index is -0.996. The Balaban J connectivity index is 0.000000203. The van der Waals surface area contributed by atoms with E-state index in [1.807, 2.05) is 54.2 Å². The van der Waals surface area contributed by atoms with E-state index in [1.54, 1.807) is 36.3 Å². The van der Waals surface area contributed by atoms with Gasteiger partial charge in [0.1, 0.15) is 40.1 Å². The third kappa shape index (κ3) is 9.36. The molecule has 0 aliphatic carbocycles. The molecule has 4 aliphatic rings. The molecule has 0 unspecified atom stereocenters. The maximum absolute atomic E-state index is 13.8. The van der Waals surface area contributed by atoms with Crippen molar-refractivity contribution in [3.63, 3.8) is 0 Å². The molecule has 4 saturated heterocycles. The number of aromatic nitrogens is 6. The van der Waals surface area contributed by atoms with Gasteiger partial charge in [0, 0.05) is 74.8 Å². The van der Waals surface area contributed by atoms with Crippen LogP contribution in [0.25, 0.3) is 22.1 Å². The zero-order valence-electron chi connectivity index (χ0n) is 40.6. The number of likely N-dealkylation sites (tertiary alicyclic amines) is 1. The second-order valence-corrected chi connectivity index (χ2v) is 21.5. The summed E-state index contributed by atoms with van der Waals surface area (Å²) in [5.74, 6) is -0.229. The number of hydrogen-bond donors (Lipinski definition) is 1. The SMILES string of the molecule is CN1C(=O)N(Cc2cc3cnc(C#N)nc3n2CC(C)(C)C)C(=O)C12CCN(C(=O)OC(C)(C)C)CC2.CN1C(=O)N(Cc2cc3cnc(C#N)nc3n2CC(C)(C)C)C(=O)C12CCNCC2. The fraction of sp³-hybridized carbons (Fsp3) is 0.596. The fourth-order valence-electron chi connectivity index (χ4n) is 9.48. The van der Waals surface area contributed by atoms with Gasteiger partial charge in [0.05, 0.1) is 13.1 Å². The van der Waals surface area contributed by atoms with Crippen LogP contribution in [0.5, 0.6) is 0 Å². The van der Waals surface area contributed by atoms with Gasteiger partial charge in [-0.25, -0.2) is 34.3 Å². The Labute approximate surface area is 390 Å². The molecule has 2 spiro atoms. The Morgan fingerprint density at radius 1 is 0.687 bits per heavy atom. The van der Waals surface area contributed by atoms with Gasteiger partial charge in [-0.1, -0.05) is 41.5 Å². The molecule has 0 aromatic carbocycles. The maximum Gasteiger partial charge on any atom is 0.410 e. The second kappa shape index (κ2) is 17.5. The predicted molar refractivity (Wildman–Crippen MR) is 245 cm³/mol. The first-order valence-corrected chi connectivity index (χ1v) is 22.7. The highest BCUT2D eigenvalue weighted by Crippen LogP contribution is 2.39. The normalized spacial score (nSPS) is 18.6. The molecule has 8 rings (SSSR count). The molecule has 8 heterocycles. The number of piperidine rings is 2. The van der Waals surface area contributed by atoms with Gasteiger partial charge in [-0.2, -0.15) is 10.5 Å². The molecule has 20 heteroatoms. The molecule has 4 fully saturated rings. The van der Waals surface area contributed by atoms with E-state index in [2.05, 4.69) is 66.8 Å². The van der Waals surface area contributed by atoms with E-state index < -0.39 is 22.8 Å². The van der Waals surface area contributed by atoms with E-state index in [0.29, 0.717) is 76.2 Å². The summed E-state index contributed by atoms with van der Waals surface area (Å²) in [6, 6.07) is 7.11. The van der Waals surface area contributed by atoms with Gasteiger partial charge in [-0.3, -0.25) is 19.4 Å². The number of rotatable bonds is 6. The largest absolute Gasteiger partial charge is 0.444 e. The number of likely N-dealkylation sites (N-methyl/N-ethyl adjacent to an activating group) is 2. The van der Waals surface area contributed by atoms with Crippen molar-refractivity contribution < 1.29 is 28.7 Å². The smallest absolute Gasteiger partial charge is 0.410 e. The molecular formula is C47H62N14O6. The van der Waals surface area contributed by atoms with Crippen LogP contribution in [-0.4, -0.2) is 140 Å². The topological polar surface area (TPSA) is 232 Å². The van der Waals surface area contributed by atoms with Crippen LogP contribution in [0.4, 0.5) is 14.4 Å². The molecule has 0 bridgehead atoms. The van der Waals surface area contributed by atoms with Crippen LogP contribution in [-0.2, 0) is 40.5 Å². The van der Waals surface area contributed by atoms with E-state index in [0.717, 1.165) is 22.2 Å². The molecule has 0 atom stereocenters. The van der Waals surface area contributed by atoms with Crippen molar-refractivity contribution in [1.29, 1.82) is 10.5 Å². The Morgan fingerprint density at radius 2 is 1.09 bits per heavy atom. The summed E-state index contributed by atoms with van der Waals surface area (Å²) in [5.41, 5.74) is 0.261. The number of carbonyl (C=O) groups is 5. The van der Waals surface area contributed by atoms with Gasteiger partial charge in [-0.15, -0.1) is 0 Å². The van der Waals surface area contributed by atoms with Gasteiger partial charge in [-0.05, 0) is 82.5 Å². The van der Waals surface area contributed by atoms with Crippen LogP contribution >= 0.6 is 0 Å². The summed E-state index contributed by atoms with van der Waals surface area (Å²) in [7, 11) is 3.37. The number of hydrogen-bond acceptors (Lipinski definition) is 13. The average molecular weight is 919 g/mol. The number of imide groups is 2. The molecule has 4 aromatic heterocycles. The lowest BCUT2D eigenvalue weighted by molar-refractivity contribution is -0.136. The van der Waals surface area contributed by atoms with Crippen molar-refractivity contribution in [1.82, 2.24) is 58.9 Å². The van der Waals surface area contributed by atoms with E-state index >= 15 is 0 Å². The molecule has 4 aromatic rings. The van der Waals surface area contributed by atoms with Crippen molar-refractivity contribution in [2.45, 2.75) is 131 Å². The lowest BCUT2D eigenvalue weighted by atomic mass is 9.86. The minimum Gasteiger partial charge on any atom is -0.444 e. The molecular weight excluding hydrogens is 857 g/mol. The number of ether oxygens (including phenoxy) is 1. The first-order valence-electron chi connectivity index (χ1n) is 22.7. The lowest BCUT2D eigenvalue weighted by Crippen LogP contribution is -2.56. The monoisotopic (exact) mass is 918 g/mol. The highest BCUT2D eigenvalue weighted by Gasteiger charge is 2.58. The molecule has 7 amide bonds. The summed E-state index contributed by atoms with van der Waals surface area (Å²) in [6.07, 6.45) is 4.72. The van der Waals surface area contributed by atoms with Crippen molar-refractivity contribution >= 4 is 52.0 Å². The van der Waals surface area contributed by atoms with E-state index in [9.17, 15) is 34.5 Å². The molecule has 0 radical (unpaired) electrons. The number of nitriles is 2. The highest BCUT2D eigenvalue weighted by atomic mass is 16.6. The third-order valence-electron chi connectivity index (χ3n) is 12.8. The number of fused-ring (bicyclic) bond motifs is 2. The van der Waals surface area contributed by atoms with Crippen LogP contribution in [0.15, 0.2) is 24.5 Å². The van der Waals surface area contributed by atoms with Crippen LogP contribution in [0, 0.1) is 33.5 Å². The van der Waals surface area contributed by atoms with Crippen LogP contribution in [0.1, 0.15) is 111 Å². The zero-order valence-corrected chi connectivity index (χ0v) is 40.6. The number of urea groups is 2. The van der Waals surface area contributed by atoms with Crippen molar-refractivity contribution in [2.75, 3.05) is 40.3 Å². The second-order valence-electron chi connectivity index (χ2n) is 21.5. The van der Waals surface area contributed by atoms with Crippen LogP contribution < -0.4 is 5.32 Å². The molecule has 356 valence electrons. The molecule has 20 nitrogen and oxygen atoms in total. The van der Waals surface area contributed by atoms with Gasteiger partial charge in [0.2, 0.25) is 11.6 Å². The zero-order chi connectivity index (χ0) is 49.0. The number of nitrogens with zero attached hydrogens (tertiary/aromatic N) is 13. The minimum absolute atomic E-state index is 0.0649. The molecule has 4 aliphatic heterocycles. The van der Waals surface area contributed by atoms with E-state index in [4.69, 9.17) is 4.74 Å². The number of carbonyl (C=O) groups excluding carboxylic acids is 5. The summed E-state index contributed by atoms with van der Waals surface area (Å²) in [5, 5.41) is 23.3. The fourth-order valence-corrected chi connectivity index (χ4v) is 9.48. The third-order valence-corrected chi connectivity index (χ3v) is 12.8. The van der Waals surface area contributed by atoms with E-state index in [1.165, 1.54) is 14.7 Å². The highest BCUT2D eigenvalue weighted by molar-refractivity contribution is 6.07. The first kappa shape index (κ1) is 48.3. The first-order chi connectivity index (χ1) is 31.3. The predicted octanol–water partition coefficient (Wildman–Crippen LogP) is 5.38. The molecule has 1 N–H and O–H groups in total. The van der Waals surface area contributed by atoms with Crippen LogP contribution in [0.2, 0.25) is 0 Å². The number of nitrogens with one attached hydrogen (secondary N) is 1.